The molecule has 3 rings (SSSR count). The fourth-order valence-corrected chi connectivity index (χ4v) is 5.51. The largest absolute Gasteiger partial charge is 0.452 e. The predicted octanol–water partition coefficient (Wildman–Crippen LogP) is 3.55. The average Bonchev–Trinajstić information content (AvgIpc) is 3.12. The molecule has 32 heavy (non-hydrogen) atoms. The number of likely N-dealkylation sites (N-methyl/N-ethyl adjacent to an activating group) is 1. The van der Waals surface area contributed by atoms with E-state index in [-0.39, 0.29) is 17.1 Å². The standard InChI is InChI=1S/C21H22F2N2O5S2/c1-25(15-10-11-32(28,29)13-15)19(26)12-30-20(27)17-4-2-3-5-18(17)24-14-6-8-16(9-7-14)31-21(22)23/h2-9,15,21,24H,10-13H2,1H3. The zero-order chi connectivity index (χ0) is 23.3. The lowest BCUT2D eigenvalue weighted by Gasteiger charge is -2.23. The third-order valence-corrected chi connectivity index (χ3v) is 7.45. The molecule has 0 radical (unpaired) electrons. The Hall–Kier alpha value is -2.66. The molecule has 0 bridgehead atoms. The number of benzene rings is 2. The van der Waals surface area contributed by atoms with Crippen molar-refractivity contribution in [2.75, 3.05) is 30.5 Å². The van der Waals surface area contributed by atoms with E-state index in [1.807, 2.05) is 0 Å². The van der Waals surface area contributed by atoms with Gasteiger partial charge in [0.1, 0.15) is 0 Å². The molecule has 0 aliphatic carbocycles. The monoisotopic (exact) mass is 484 g/mol. The number of anilines is 2. The van der Waals surface area contributed by atoms with Crippen LogP contribution in [0, 0.1) is 0 Å². The summed E-state index contributed by atoms with van der Waals surface area (Å²) in [6.45, 7) is -0.514. The van der Waals surface area contributed by atoms with Gasteiger partial charge in [0, 0.05) is 23.7 Å². The van der Waals surface area contributed by atoms with Gasteiger partial charge in [-0.25, -0.2) is 13.2 Å². The van der Waals surface area contributed by atoms with Crippen LogP contribution in [0.3, 0.4) is 0 Å². The summed E-state index contributed by atoms with van der Waals surface area (Å²) >= 11 is 0.437. The number of sulfone groups is 1. The third kappa shape index (κ3) is 6.42. The highest BCUT2D eigenvalue weighted by atomic mass is 32.2. The lowest BCUT2D eigenvalue weighted by atomic mass is 10.1. The van der Waals surface area contributed by atoms with Crippen LogP contribution in [0.1, 0.15) is 16.8 Å². The fraction of sp³-hybridized carbons (Fsp3) is 0.333. The second kappa shape index (κ2) is 10.3. The highest BCUT2D eigenvalue weighted by Gasteiger charge is 2.33. The number of rotatable bonds is 8. The Morgan fingerprint density at radius 3 is 2.50 bits per heavy atom. The number of esters is 1. The minimum absolute atomic E-state index is 0.0376. The van der Waals surface area contributed by atoms with Gasteiger partial charge in [-0.1, -0.05) is 23.9 Å². The van der Waals surface area contributed by atoms with Crippen LogP contribution in [-0.4, -0.2) is 62.2 Å². The van der Waals surface area contributed by atoms with Crippen LogP contribution >= 0.6 is 11.8 Å². The molecule has 11 heteroatoms. The Balaban J connectivity index is 1.61. The van der Waals surface area contributed by atoms with Crippen LogP contribution in [-0.2, 0) is 19.4 Å². The molecule has 1 N–H and O–H groups in total. The minimum Gasteiger partial charge on any atom is -0.452 e. The van der Waals surface area contributed by atoms with Crippen molar-refractivity contribution in [3.05, 3.63) is 54.1 Å². The fourth-order valence-electron chi connectivity index (χ4n) is 3.24. The van der Waals surface area contributed by atoms with Crippen LogP contribution < -0.4 is 5.32 Å². The van der Waals surface area contributed by atoms with Gasteiger partial charge in [-0.05, 0) is 42.8 Å². The molecule has 2 aromatic rings. The highest BCUT2D eigenvalue weighted by molar-refractivity contribution is 7.99. The number of carbonyl (C=O) groups excluding carboxylic acids is 2. The SMILES string of the molecule is CN(C(=O)COC(=O)c1ccccc1Nc1ccc(SC(F)F)cc1)C1CCS(=O)(=O)C1. The maximum atomic E-state index is 12.6. The maximum absolute atomic E-state index is 12.6. The number of carbonyl (C=O) groups is 2. The first-order valence-electron chi connectivity index (χ1n) is 9.69. The lowest BCUT2D eigenvalue weighted by molar-refractivity contribution is -0.134. The molecular formula is C21H22F2N2O5S2. The number of hydrogen-bond donors (Lipinski definition) is 1. The van der Waals surface area contributed by atoms with Gasteiger partial charge in [-0.3, -0.25) is 4.79 Å². The summed E-state index contributed by atoms with van der Waals surface area (Å²) in [6.07, 6.45) is 0.361. The average molecular weight is 485 g/mol. The number of amides is 1. The summed E-state index contributed by atoms with van der Waals surface area (Å²) < 4.78 is 53.3. The summed E-state index contributed by atoms with van der Waals surface area (Å²) in [7, 11) is -1.65. The van der Waals surface area contributed by atoms with Crippen molar-refractivity contribution in [1.29, 1.82) is 0 Å². The Morgan fingerprint density at radius 1 is 1.19 bits per heavy atom. The topological polar surface area (TPSA) is 92.8 Å². The van der Waals surface area contributed by atoms with Crippen molar-refractivity contribution < 1.29 is 31.5 Å². The Bertz CT molecular complexity index is 1080. The Labute approximate surface area is 189 Å². The molecular weight excluding hydrogens is 462 g/mol. The van der Waals surface area contributed by atoms with E-state index in [0.717, 1.165) is 0 Å². The van der Waals surface area contributed by atoms with Crippen molar-refractivity contribution in [2.45, 2.75) is 23.1 Å². The van der Waals surface area contributed by atoms with E-state index in [0.29, 0.717) is 34.5 Å². The van der Waals surface area contributed by atoms with E-state index < -0.39 is 40.1 Å². The van der Waals surface area contributed by atoms with E-state index in [9.17, 15) is 26.8 Å². The van der Waals surface area contributed by atoms with Crippen LogP contribution in [0.15, 0.2) is 53.4 Å². The van der Waals surface area contributed by atoms with Crippen molar-refractivity contribution in [1.82, 2.24) is 4.90 Å². The maximum Gasteiger partial charge on any atom is 0.340 e. The first-order chi connectivity index (χ1) is 15.1. The number of nitrogens with zero attached hydrogens (tertiary/aromatic N) is 1. The smallest absolute Gasteiger partial charge is 0.340 e. The van der Waals surface area contributed by atoms with Crippen molar-refractivity contribution >= 4 is 44.9 Å². The number of para-hydroxylation sites is 1. The molecule has 1 amide bonds. The zero-order valence-corrected chi connectivity index (χ0v) is 18.8. The van der Waals surface area contributed by atoms with Gasteiger partial charge in [-0.15, -0.1) is 0 Å². The molecule has 1 aliphatic rings. The van der Waals surface area contributed by atoms with E-state index in [1.54, 1.807) is 30.3 Å². The minimum atomic E-state index is -3.14. The van der Waals surface area contributed by atoms with Crippen molar-refractivity contribution in [3.63, 3.8) is 0 Å². The highest BCUT2D eigenvalue weighted by Crippen LogP contribution is 2.28. The molecule has 0 saturated carbocycles. The van der Waals surface area contributed by atoms with Crippen LogP contribution in [0.2, 0.25) is 0 Å². The van der Waals surface area contributed by atoms with E-state index in [4.69, 9.17) is 4.74 Å². The normalized spacial score (nSPS) is 17.2. The molecule has 2 aromatic carbocycles. The number of alkyl halides is 2. The van der Waals surface area contributed by atoms with Crippen molar-refractivity contribution in [3.8, 4) is 0 Å². The second-order valence-electron chi connectivity index (χ2n) is 7.21. The molecule has 1 aliphatic heterocycles. The number of hydrogen-bond acceptors (Lipinski definition) is 7. The van der Waals surface area contributed by atoms with Crippen molar-refractivity contribution in [2.24, 2.45) is 0 Å². The van der Waals surface area contributed by atoms with E-state index >= 15 is 0 Å². The molecule has 1 atom stereocenters. The molecule has 0 spiro atoms. The van der Waals surface area contributed by atoms with Gasteiger partial charge in [-0.2, -0.15) is 8.78 Å². The second-order valence-corrected chi connectivity index (χ2v) is 10.5. The Morgan fingerprint density at radius 2 is 1.88 bits per heavy atom. The number of ether oxygens (including phenoxy) is 1. The molecule has 7 nitrogen and oxygen atoms in total. The number of halogens is 2. The van der Waals surface area contributed by atoms with Crippen LogP contribution in [0.25, 0.3) is 0 Å². The summed E-state index contributed by atoms with van der Waals surface area (Å²) in [4.78, 5) is 26.6. The zero-order valence-electron chi connectivity index (χ0n) is 17.2. The summed E-state index contributed by atoms with van der Waals surface area (Å²) in [5.41, 5.74) is 1.20. The van der Waals surface area contributed by atoms with Gasteiger partial charge in [0.15, 0.2) is 16.4 Å². The van der Waals surface area contributed by atoms with Gasteiger partial charge >= 0.3 is 5.97 Å². The molecule has 1 unspecified atom stereocenters. The molecule has 172 valence electrons. The first-order valence-corrected chi connectivity index (χ1v) is 12.4. The quantitative estimate of drug-likeness (QED) is 0.453. The molecule has 1 heterocycles. The van der Waals surface area contributed by atoms with Gasteiger partial charge in [0.05, 0.1) is 22.8 Å². The van der Waals surface area contributed by atoms with E-state index in [2.05, 4.69) is 5.32 Å². The first kappa shape index (κ1) is 24.0. The molecule has 1 fully saturated rings. The third-order valence-electron chi connectivity index (χ3n) is 4.98. The summed E-state index contributed by atoms with van der Waals surface area (Å²) in [5.74, 6) is -3.78. The Kier molecular flexibility index (Phi) is 7.73. The van der Waals surface area contributed by atoms with E-state index in [1.165, 1.54) is 30.1 Å². The van der Waals surface area contributed by atoms with Gasteiger partial charge < -0.3 is 15.0 Å². The van der Waals surface area contributed by atoms with Crippen LogP contribution in [0.5, 0.6) is 0 Å². The van der Waals surface area contributed by atoms with Gasteiger partial charge in [0.25, 0.3) is 11.7 Å². The number of thioether (sulfide) groups is 1. The molecule has 1 saturated heterocycles. The number of nitrogens with one attached hydrogen (secondary N) is 1. The predicted molar refractivity (Wildman–Crippen MR) is 118 cm³/mol. The van der Waals surface area contributed by atoms with Gasteiger partial charge in [0.2, 0.25) is 0 Å². The summed E-state index contributed by atoms with van der Waals surface area (Å²) in [6, 6.07) is 12.4. The summed E-state index contributed by atoms with van der Waals surface area (Å²) in [5, 5.41) is 3.04. The van der Waals surface area contributed by atoms with Crippen LogP contribution in [0.4, 0.5) is 20.2 Å². The lowest BCUT2D eigenvalue weighted by Crippen LogP contribution is -2.40. The molecule has 0 aromatic heterocycles.